The number of nitrogens with one attached hydrogen (secondary N) is 1. The van der Waals surface area contributed by atoms with Gasteiger partial charge in [0.2, 0.25) is 0 Å². The summed E-state index contributed by atoms with van der Waals surface area (Å²) in [5.41, 5.74) is 5.25. The molecule has 0 saturated carbocycles. The number of hydrazine groups is 1. The number of methoxy groups -OCH3 is 1. The van der Waals surface area contributed by atoms with Crippen molar-refractivity contribution in [2.24, 2.45) is 5.84 Å². The Kier molecular flexibility index (Phi) is 5.78. The molecule has 2 aromatic rings. The maximum atomic E-state index is 5.73. The summed E-state index contributed by atoms with van der Waals surface area (Å²) in [6.45, 7) is 2.89. The number of hydrogen-bond acceptors (Lipinski definition) is 4. The van der Waals surface area contributed by atoms with E-state index in [0.29, 0.717) is 0 Å². The summed E-state index contributed by atoms with van der Waals surface area (Å²) in [6, 6.07) is 8.18. The van der Waals surface area contributed by atoms with Crippen LogP contribution < -0.4 is 16.0 Å². The Morgan fingerprint density at radius 2 is 2.10 bits per heavy atom. The number of halogens is 1. The molecule has 0 aliphatic rings. The monoisotopic (exact) mass is 352 g/mol. The van der Waals surface area contributed by atoms with Crippen molar-refractivity contribution in [1.29, 1.82) is 0 Å². The summed E-state index contributed by atoms with van der Waals surface area (Å²) >= 11 is 3.55. The van der Waals surface area contributed by atoms with Crippen molar-refractivity contribution in [1.82, 2.24) is 15.2 Å². The lowest BCUT2D eigenvalue weighted by Gasteiger charge is -2.18. The molecule has 6 heteroatoms. The van der Waals surface area contributed by atoms with Crippen molar-refractivity contribution < 1.29 is 4.74 Å². The number of ether oxygens (including phenoxy) is 1. The SMILES string of the molecule is CCn1ncc(Br)c1C(CCc1ccc(OC)cc1)NN. The lowest BCUT2D eigenvalue weighted by molar-refractivity contribution is 0.414. The van der Waals surface area contributed by atoms with Gasteiger partial charge in [-0.05, 0) is 53.4 Å². The molecule has 1 atom stereocenters. The Bertz CT molecular complexity index is 568. The molecular formula is C15H21BrN4O. The predicted molar refractivity (Wildman–Crippen MR) is 87.0 cm³/mol. The number of aryl methyl sites for hydroxylation is 2. The van der Waals surface area contributed by atoms with Gasteiger partial charge in [-0.15, -0.1) is 0 Å². The van der Waals surface area contributed by atoms with E-state index in [-0.39, 0.29) is 6.04 Å². The topological polar surface area (TPSA) is 65.1 Å². The van der Waals surface area contributed by atoms with Crippen molar-refractivity contribution in [2.75, 3.05) is 7.11 Å². The number of hydrogen-bond donors (Lipinski definition) is 2. The highest BCUT2D eigenvalue weighted by atomic mass is 79.9. The molecule has 2 rings (SSSR count). The Balaban J connectivity index is 2.06. The van der Waals surface area contributed by atoms with Gasteiger partial charge < -0.3 is 4.74 Å². The number of nitrogens with zero attached hydrogens (tertiary/aromatic N) is 2. The van der Waals surface area contributed by atoms with E-state index in [1.165, 1.54) is 5.56 Å². The first kappa shape index (κ1) is 16.0. The van der Waals surface area contributed by atoms with Crippen LogP contribution in [0.15, 0.2) is 34.9 Å². The fourth-order valence-corrected chi connectivity index (χ4v) is 2.95. The molecule has 0 radical (unpaired) electrons. The van der Waals surface area contributed by atoms with E-state index in [4.69, 9.17) is 10.6 Å². The smallest absolute Gasteiger partial charge is 0.118 e. The van der Waals surface area contributed by atoms with Gasteiger partial charge in [0, 0.05) is 6.54 Å². The largest absolute Gasteiger partial charge is 0.497 e. The summed E-state index contributed by atoms with van der Waals surface area (Å²) < 4.78 is 8.12. The number of aromatic nitrogens is 2. The highest BCUT2D eigenvalue weighted by Crippen LogP contribution is 2.26. The molecule has 0 aliphatic carbocycles. The highest BCUT2D eigenvalue weighted by Gasteiger charge is 2.18. The van der Waals surface area contributed by atoms with Crippen molar-refractivity contribution in [3.63, 3.8) is 0 Å². The van der Waals surface area contributed by atoms with E-state index in [9.17, 15) is 0 Å². The highest BCUT2D eigenvalue weighted by molar-refractivity contribution is 9.10. The van der Waals surface area contributed by atoms with Gasteiger partial charge in [0.25, 0.3) is 0 Å². The molecule has 0 aliphatic heterocycles. The Hall–Kier alpha value is -1.37. The van der Waals surface area contributed by atoms with Crippen LogP contribution in [0.1, 0.15) is 30.6 Å². The van der Waals surface area contributed by atoms with E-state index in [2.05, 4.69) is 45.5 Å². The fraction of sp³-hybridized carbons (Fsp3) is 0.400. The second kappa shape index (κ2) is 7.59. The molecule has 0 saturated heterocycles. The lowest BCUT2D eigenvalue weighted by atomic mass is 10.0. The Morgan fingerprint density at radius 3 is 2.67 bits per heavy atom. The van der Waals surface area contributed by atoms with Crippen molar-refractivity contribution in [3.05, 3.63) is 46.2 Å². The second-order valence-corrected chi connectivity index (χ2v) is 5.65. The standard InChI is InChI=1S/C15H21BrN4O/c1-3-20-15(13(16)10-18-20)14(19-17)9-6-11-4-7-12(21-2)8-5-11/h4-5,7-8,10,14,19H,3,6,9,17H2,1-2H3. The van der Waals surface area contributed by atoms with Gasteiger partial charge >= 0.3 is 0 Å². The van der Waals surface area contributed by atoms with E-state index in [0.717, 1.165) is 35.3 Å². The summed E-state index contributed by atoms with van der Waals surface area (Å²) in [6.07, 6.45) is 3.64. The Labute approximate surface area is 133 Å². The molecule has 21 heavy (non-hydrogen) atoms. The maximum Gasteiger partial charge on any atom is 0.118 e. The zero-order chi connectivity index (χ0) is 15.2. The summed E-state index contributed by atoms with van der Waals surface area (Å²) in [7, 11) is 1.67. The van der Waals surface area contributed by atoms with Crippen LogP contribution in [0.4, 0.5) is 0 Å². The van der Waals surface area contributed by atoms with E-state index < -0.39 is 0 Å². The van der Waals surface area contributed by atoms with Gasteiger partial charge in [-0.1, -0.05) is 12.1 Å². The van der Waals surface area contributed by atoms with Gasteiger partial charge in [-0.3, -0.25) is 16.0 Å². The van der Waals surface area contributed by atoms with E-state index in [1.54, 1.807) is 7.11 Å². The van der Waals surface area contributed by atoms with Crippen LogP contribution in [0.5, 0.6) is 5.75 Å². The lowest BCUT2D eigenvalue weighted by Crippen LogP contribution is -2.30. The van der Waals surface area contributed by atoms with Crippen molar-refractivity contribution in [2.45, 2.75) is 32.4 Å². The predicted octanol–water partition coefficient (Wildman–Crippen LogP) is 2.81. The zero-order valence-corrected chi connectivity index (χ0v) is 13.9. The normalized spacial score (nSPS) is 12.4. The zero-order valence-electron chi connectivity index (χ0n) is 12.3. The summed E-state index contributed by atoms with van der Waals surface area (Å²) in [4.78, 5) is 0. The number of nitrogens with two attached hydrogens (primary N) is 1. The van der Waals surface area contributed by atoms with Crippen LogP contribution in [-0.2, 0) is 13.0 Å². The molecule has 5 nitrogen and oxygen atoms in total. The first-order valence-corrected chi connectivity index (χ1v) is 7.79. The van der Waals surface area contributed by atoms with Crippen LogP contribution in [0.25, 0.3) is 0 Å². The third-order valence-electron chi connectivity index (χ3n) is 3.54. The molecule has 1 aromatic heterocycles. The van der Waals surface area contributed by atoms with Crippen molar-refractivity contribution >= 4 is 15.9 Å². The van der Waals surface area contributed by atoms with Gasteiger partial charge in [0.15, 0.2) is 0 Å². The molecule has 0 spiro atoms. The molecule has 114 valence electrons. The van der Waals surface area contributed by atoms with Crippen LogP contribution in [0, 0.1) is 0 Å². The molecule has 3 N–H and O–H groups in total. The fourth-order valence-electron chi connectivity index (χ4n) is 2.37. The average molecular weight is 353 g/mol. The third-order valence-corrected chi connectivity index (χ3v) is 4.16. The second-order valence-electron chi connectivity index (χ2n) is 4.80. The molecule has 1 aromatic carbocycles. The Morgan fingerprint density at radius 1 is 1.38 bits per heavy atom. The molecule has 1 unspecified atom stereocenters. The quantitative estimate of drug-likeness (QED) is 0.594. The van der Waals surface area contributed by atoms with Crippen LogP contribution >= 0.6 is 15.9 Å². The minimum Gasteiger partial charge on any atom is -0.497 e. The minimum absolute atomic E-state index is 0.0592. The number of benzene rings is 1. The minimum atomic E-state index is 0.0592. The van der Waals surface area contributed by atoms with E-state index >= 15 is 0 Å². The van der Waals surface area contributed by atoms with Gasteiger partial charge in [0.05, 0.1) is 29.5 Å². The molecule has 0 fully saturated rings. The molecule has 1 heterocycles. The third kappa shape index (κ3) is 3.84. The molecule has 0 amide bonds. The van der Waals surface area contributed by atoms with Crippen LogP contribution in [0.3, 0.4) is 0 Å². The maximum absolute atomic E-state index is 5.73. The number of rotatable bonds is 7. The van der Waals surface area contributed by atoms with Crippen LogP contribution in [0.2, 0.25) is 0 Å². The first-order chi connectivity index (χ1) is 10.2. The van der Waals surface area contributed by atoms with Gasteiger partial charge in [-0.2, -0.15) is 5.10 Å². The molecule has 0 bridgehead atoms. The van der Waals surface area contributed by atoms with E-state index in [1.807, 2.05) is 23.0 Å². The van der Waals surface area contributed by atoms with Crippen molar-refractivity contribution in [3.8, 4) is 5.75 Å². The van der Waals surface area contributed by atoms with Gasteiger partial charge in [0.1, 0.15) is 5.75 Å². The summed E-state index contributed by atoms with van der Waals surface area (Å²) in [5.74, 6) is 6.61. The summed E-state index contributed by atoms with van der Waals surface area (Å²) in [5, 5.41) is 4.34. The average Bonchev–Trinajstić information content (AvgIpc) is 2.90. The van der Waals surface area contributed by atoms with Gasteiger partial charge in [-0.25, -0.2) is 0 Å². The molecular weight excluding hydrogens is 332 g/mol. The first-order valence-electron chi connectivity index (χ1n) is 6.99. The van der Waals surface area contributed by atoms with Crippen LogP contribution in [-0.4, -0.2) is 16.9 Å².